The van der Waals surface area contributed by atoms with Crippen LogP contribution in [0.25, 0.3) is 0 Å². The molecule has 1 aromatic carbocycles. The molecule has 2 nitrogen and oxygen atoms in total. The number of aliphatic hydroxyl groups excluding tert-OH is 1. The summed E-state index contributed by atoms with van der Waals surface area (Å²) in [5, 5.41) is 14.1. The minimum Gasteiger partial charge on any atom is -0.392 e. The zero-order valence-corrected chi connectivity index (χ0v) is 11.0. The van der Waals surface area contributed by atoms with Crippen LogP contribution in [0.5, 0.6) is 0 Å². The van der Waals surface area contributed by atoms with Crippen molar-refractivity contribution in [1.29, 1.82) is 0 Å². The topological polar surface area (TPSA) is 32.3 Å². The number of hydrogen-bond acceptors (Lipinski definition) is 2. The molecule has 3 heteroatoms. The number of benzene rings is 1. The first-order chi connectivity index (χ1) is 8.16. The predicted molar refractivity (Wildman–Crippen MR) is 71.3 cm³/mol. The molecule has 2 atom stereocenters. The molecular formula is C14H20ClNO. The van der Waals surface area contributed by atoms with Crippen LogP contribution in [0.1, 0.15) is 36.8 Å². The van der Waals surface area contributed by atoms with E-state index in [0.29, 0.717) is 0 Å². The summed E-state index contributed by atoms with van der Waals surface area (Å²) in [6, 6.07) is 6.21. The Morgan fingerprint density at radius 1 is 1.35 bits per heavy atom. The lowest BCUT2D eigenvalue weighted by Crippen LogP contribution is -2.41. The van der Waals surface area contributed by atoms with Crippen LogP contribution in [0.15, 0.2) is 18.2 Å². The van der Waals surface area contributed by atoms with Crippen LogP contribution < -0.4 is 5.32 Å². The van der Waals surface area contributed by atoms with E-state index in [0.717, 1.165) is 30.8 Å². The van der Waals surface area contributed by atoms with Gasteiger partial charge in [0.25, 0.3) is 0 Å². The van der Waals surface area contributed by atoms with E-state index in [9.17, 15) is 5.11 Å². The zero-order valence-electron chi connectivity index (χ0n) is 10.2. The molecule has 0 amide bonds. The lowest BCUT2D eigenvalue weighted by molar-refractivity contribution is 0.0902. The second kappa shape index (κ2) is 5.85. The first kappa shape index (κ1) is 12.9. The first-order valence-corrected chi connectivity index (χ1v) is 6.71. The van der Waals surface area contributed by atoms with E-state index in [1.54, 1.807) is 0 Å². The van der Waals surface area contributed by atoms with E-state index in [-0.39, 0.29) is 12.1 Å². The highest BCUT2D eigenvalue weighted by molar-refractivity contribution is 6.30. The second-order valence-corrected chi connectivity index (χ2v) is 5.35. The van der Waals surface area contributed by atoms with Gasteiger partial charge in [-0.05, 0) is 43.0 Å². The largest absolute Gasteiger partial charge is 0.392 e. The number of nitrogens with one attached hydrogen (secondary N) is 1. The quantitative estimate of drug-likeness (QED) is 0.868. The Morgan fingerprint density at radius 3 is 2.82 bits per heavy atom. The molecule has 2 rings (SSSR count). The van der Waals surface area contributed by atoms with Gasteiger partial charge in [0, 0.05) is 17.6 Å². The van der Waals surface area contributed by atoms with Gasteiger partial charge >= 0.3 is 0 Å². The summed E-state index contributed by atoms with van der Waals surface area (Å²) in [6.45, 7) is 2.88. The van der Waals surface area contributed by atoms with Gasteiger partial charge in [0.2, 0.25) is 0 Å². The second-order valence-electron chi connectivity index (χ2n) is 4.91. The fourth-order valence-corrected chi connectivity index (χ4v) is 2.67. The van der Waals surface area contributed by atoms with Crippen molar-refractivity contribution >= 4 is 11.6 Å². The Balaban J connectivity index is 1.92. The highest BCUT2D eigenvalue weighted by atomic mass is 35.5. The molecule has 1 aromatic rings. The van der Waals surface area contributed by atoms with Crippen molar-refractivity contribution in [2.75, 3.05) is 0 Å². The van der Waals surface area contributed by atoms with Crippen LogP contribution in [0.2, 0.25) is 5.02 Å². The predicted octanol–water partition coefficient (Wildman–Crippen LogP) is 3.04. The third-order valence-electron chi connectivity index (χ3n) is 3.59. The van der Waals surface area contributed by atoms with Gasteiger partial charge in [-0.1, -0.05) is 30.5 Å². The lowest BCUT2D eigenvalue weighted by Gasteiger charge is -2.28. The number of aryl methyl sites for hydroxylation is 1. The molecule has 0 aliphatic heterocycles. The minimum absolute atomic E-state index is 0.184. The average Bonchev–Trinajstić information content (AvgIpc) is 2.30. The van der Waals surface area contributed by atoms with E-state index in [1.165, 1.54) is 17.5 Å². The minimum atomic E-state index is -0.184. The number of rotatable bonds is 3. The highest BCUT2D eigenvalue weighted by Gasteiger charge is 2.22. The third kappa shape index (κ3) is 3.44. The molecule has 0 bridgehead atoms. The van der Waals surface area contributed by atoms with Crippen LogP contribution >= 0.6 is 11.6 Å². The maximum Gasteiger partial charge on any atom is 0.0693 e. The Hall–Kier alpha value is -0.570. The molecule has 17 heavy (non-hydrogen) atoms. The summed E-state index contributed by atoms with van der Waals surface area (Å²) in [4.78, 5) is 0. The highest BCUT2D eigenvalue weighted by Crippen LogP contribution is 2.20. The molecule has 1 aliphatic carbocycles. The van der Waals surface area contributed by atoms with Gasteiger partial charge in [-0.15, -0.1) is 0 Å². The lowest BCUT2D eigenvalue weighted by atomic mass is 9.92. The molecule has 0 saturated heterocycles. The van der Waals surface area contributed by atoms with Crippen molar-refractivity contribution in [2.24, 2.45) is 0 Å². The molecule has 0 aromatic heterocycles. The van der Waals surface area contributed by atoms with Crippen LogP contribution in [0, 0.1) is 6.92 Å². The van der Waals surface area contributed by atoms with Crippen LogP contribution in [-0.4, -0.2) is 17.3 Å². The molecule has 1 saturated carbocycles. The van der Waals surface area contributed by atoms with E-state index < -0.39 is 0 Å². The van der Waals surface area contributed by atoms with Crippen molar-refractivity contribution in [3.05, 3.63) is 34.3 Å². The van der Waals surface area contributed by atoms with Gasteiger partial charge < -0.3 is 10.4 Å². The van der Waals surface area contributed by atoms with Crippen molar-refractivity contribution in [3.8, 4) is 0 Å². The Bertz CT molecular complexity index is 380. The normalized spacial score (nSPS) is 24.9. The smallest absolute Gasteiger partial charge is 0.0693 e. The van der Waals surface area contributed by atoms with Crippen molar-refractivity contribution in [1.82, 2.24) is 5.32 Å². The van der Waals surface area contributed by atoms with Crippen molar-refractivity contribution in [3.63, 3.8) is 0 Å². The molecule has 0 radical (unpaired) electrons. The summed E-state index contributed by atoms with van der Waals surface area (Å²) in [7, 11) is 0. The molecule has 0 spiro atoms. The Labute approximate surface area is 108 Å². The number of hydrogen-bond donors (Lipinski definition) is 2. The van der Waals surface area contributed by atoms with E-state index in [4.69, 9.17) is 11.6 Å². The van der Waals surface area contributed by atoms with Gasteiger partial charge in [-0.3, -0.25) is 0 Å². The SMILES string of the molecule is Cc1cc(Cl)ccc1CNC1CCCCC1O. The van der Waals surface area contributed by atoms with E-state index >= 15 is 0 Å². The molecule has 2 unspecified atom stereocenters. The molecule has 1 fully saturated rings. The van der Waals surface area contributed by atoms with Gasteiger partial charge in [0.1, 0.15) is 0 Å². The van der Waals surface area contributed by atoms with Crippen LogP contribution in [0.4, 0.5) is 0 Å². The summed E-state index contributed by atoms with van der Waals surface area (Å²) < 4.78 is 0. The molecule has 1 aliphatic rings. The van der Waals surface area contributed by atoms with Crippen molar-refractivity contribution < 1.29 is 5.11 Å². The summed E-state index contributed by atoms with van der Waals surface area (Å²) in [5.41, 5.74) is 2.46. The first-order valence-electron chi connectivity index (χ1n) is 6.33. The molecule has 94 valence electrons. The Kier molecular flexibility index (Phi) is 4.43. The molecule has 0 heterocycles. The van der Waals surface area contributed by atoms with Gasteiger partial charge in [0.15, 0.2) is 0 Å². The van der Waals surface area contributed by atoms with Gasteiger partial charge in [-0.25, -0.2) is 0 Å². The maximum atomic E-state index is 9.88. The van der Waals surface area contributed by atoms with Gasteiger partial charge in [-0.2, -0.15) is 0 Å². The summed E-state index contributed by atoms with van der Waals surface area (Å²) in [6.07, 6.45) is 4.19. The maximum absolute atomic E-state index is 9.88. The van der Waals surface area contributed by atoms with E-state index in [1.807, 2.05) is 12.1 Å². The fraction of sp³-hybridized carbons (Fsp3) is 0.571. The van der Waals surface area contributed by atoms with Crippen LogP contribution in [-0.2, 0) is 6.54 Å². The number of halogens is 1. The monoisotopic (exact) mass is 253 g/mol. The molecular weight excluding hydrogens is 234 g/mol. The van der Waals surface area contributed by atoms with Crippen molar-refractivity contribution in [2.45, 2.75) is 51.3 Å². The van der Waals surface area contributed by atoms with Gasteiger partial charge in [0.05, 0.1) is 6.10 Å². The zero-order chi connectivity index (χ0) is 12.3. The summed E-state index contributed by atoms with van der Waals surface area (Å²) >= 11 is 5.93. The van der Waals surface area contributed by atoms with E-state index in [2.05, 4.69) is 18.3 Å². The Morgan fingerprint density at radius 2 is 2.12 bits per heavy atom. The third-order valence-corrected chi connectivity index (χ3v) is 3.82. The van der Waals surface area contributed by atoms with Crippen LogP contribution in [0.3, 0.4) is 0 Å². The average molecular weight is 254 g/mol. The summed E-state index contributed by atoms with van der Waals surface area (Å²) in [5.74, 6) is 0. The fourth-order valence-electron chi connectivity index (χ4n) is 2.45. The number of aliphatic hydroxyl groups is 1. The molecule has 2 N–H and O–H groups in total. The standard InChI is InChI=1S/C14H20ClNO/c1-10-8-12(15)7-6-11(10)9-16-13-4-2-3-5-14(13)17/h6-8,13-14,16-17H,2-5,9H2,1H3.